The van der Waals surface area contributed by atoms with Gasteiger partial charge in [-0.25, -0.2) is 9.48 Å². The van der Waals surface area contributed by atoms with Crippen molar-refractivity contribution in [1.82, 2.24) is 14.7 Å². The molecule has 0 unspecified atom stereocenters. The van der Waals surface area contributed by atoms with Crippen LogP contribution in [0.4, 0.5) is 23.7 Å². The Morgan fingerprint density at radius 2 is 1.79 bits per heavy atom. The number of carboxylic acid groups (broad SMARTS) is 1. The van der Waals surface area contributed by atoms with E-state index in [1.54, 1.807) is 24.3 Å². The number of rotatable bonds is 7. The van der Waals surface area contributed by atoms with Crippen molar-refractivity contribution in [2.75, 3.05) is 18.4 Å². The van der Waals surface area contributed by atoms with Gasteiger partial charge in [0, 0.05) is 30.6 Å². The molecule has 1 aromatic heterocycles. The Morgan fingerprint density at radius 3 is 2.37 bits per heavy atom. The van der Waals surface area contributed by atoms with Gasteiger partial charge in [0.2, 0.25) is 0 Å². The first-order valence-electron chi connectivity index (χ1n) is 12.5. The third-order valence-electron chi connectivity index (χ3n) is 6.82. The Morgan fingerprint density at radius 1 is 1.13 bits per heavy atom. The molecule has 1 aliphatic rings. The Bertz CT molecular complexity index is 1310. The number of aryl methyl sites for hydroxylation is 1. The second kappa shape index (κ2) is 10.6. The van der Waals surface area contributed by atoms with Crippen LogP contribution in [0.1, 0.15) is 50.7 Å². The second-order valence-corrected chi connectivity index (χ2v) is 10.3. The molecule has 8 nitrogen and oxygen atoms in total. The van der Waals surface area contributed by atoms with Crippen molar-refractivity contribution in [3.63, 3.8) is 0 Å². The van der Waals surface area contributed by atoms with E-state index in [2.05, 4.69) is 10.4 Å². The maximum atomic E-state index is 14.0. The summed E-state index contributed by atoms with van der Waals surface area (Å²) >= 11 is 0. The van der Waals surface area contributed by atoms with Gasteiger partial charge in [0.05, 0.1) is 28.6 Å². The number of benzene rings is 2. The number of alkyl halides is 3. The Balaban J connectivity index is 1.59. The fourth-order valence-electron chi connectivity index (χ4n) is 4.99. The molecule has 0 radical (unpaired) electrons. The number of halogens is 3. The Labute approximate surface area is 218 Å². The summed E-state index contributed by atoms with van der Waals surface area (Å²) in [5.41, 5.74) is -0.340. The van der Waals surface area contributed by atoms with E-state index in [0.29, 0.717) is 50.4 Å². The van der Waals surface area contributed by atoms with Crippen molar-refractivity contribution in [2.24, 2.45) is 5.92 Å². The number of carbonyl (C=O) groups is 2. The summed E-state index contributed by atoms with van der Waals surface area (Å²) in [6, 6.07) is 8.56. The minimum atomic E-state index is -4.67. The van der Waals surface area contributed by atoms with Crippen LogP contribution in [0, 0.1) is 5.92 Å². The number of fused-ring (bicyclic) bond motifs is 1. The van der Waals surface area contributed by atoms with E-state index in [-0.39, 0.29) is 23.0 Å². The number of nitrogens with one attached hydrogen (secondary N) is 1. The zero-order valence-corrected chi connectivity index (χ0v) is 21.3. The van der Waals surface area contributed by atoms with Gasteiger partial charge in [-0.2, -0.15) is 18.3 Å². The van der Waals surface area contributed by atoms with Gasteiger partial charge in [-0.05, 0) is 61.4 Å². The summed E-state index contributed by atoms with van der Waals surface area (Å²) in [5.74, 6) is -0.615. The largest absolute Gasteiger partial charge is 0.481 e. The van der Waals surface area contributed by atoms with Crippen LogP contribution < -0.4 is 5.32 Å². The number of hydrogen-bond donors (Lipinski definition) is 3. The van der Waals surface area contributed by atoms with E-state index in [1.807, 2.05) is 13.8 Å². The van der Waals surface area contributed by atoms with Crippen molar-refractivity contribution in [2.45, 2.75) is 57.7 Å². The topological polar surface area (TPSA) is 108 Å². The van der Waals surface area contributed by atoms with Gasteiger partial charge in [-0.15, -0.1) is 0 Å². The number of hydrogen-bond acceptors (Lipinski definition) is 4. The molecule has 0 aliphatic carbocycles. The van der Waals surface area contributed by atoms with Crippen LogP contribution in [0.2, 0.25) is 0 Å². The lowest BCUT2D eigenvalue weighted by molar-refractivity contribution is -0.137. The summed E-state index contributed by atoms with van der Waals surface area (Å²) in [6.45, 7) is 4.64. The number of aliphatic hydroxyl groups is 1. The smallest absolute Gasteiger partial charge is 0.417 e. The molecule has 1 saturated heterocycles. The molecular formula is C27H31F3N4O4. The maximum absolute atomic E-state index is 14.0. The molecule has 3 N–H and O–H groups in total. The molecule has 4 rings (SSSR count). The summed E-state index contributed by atoms with van der Waals surface area (Å²) in [7, 11) is 0. The van der Waals surface area contributed by atoms with Crippen molar-refractivity contribution in [3.8, 4) is 5.69 Å². The minimum Gasteiger partial charge on any atom is -0.481 e. The van der Waals surface area contributed by atoms with Gasteiger partial charge in [0.1, 0.15) is 0 Å². The van der Waals surface area contributed by atoms with Gasteiger partial charge in [-0.3, -0.25) is 4.79 Å². The minimum absolute atomic E-state index is 0.0160. The third-order valence-corrected chi connectivity index (χ3v) is 6.82. The molecule has 2 amide bonds. The molecule has 2 aromatic carbocycles. The first kappa shape index (κ1) is 27.4. The zero-order valence-electron chi connectivity index (χ0n) is 21.3. The normalized spacial score (nSPS) is 15.7. The van der Waals surface area contributed by atoms with E-state index in [1.165, 1.54) is 15.6 Å². The van der Waals surface area contributed by atoms with E-state index >= 15 is 0 Å². The van der Waals surface area contributed by atoms with E-state index in [9.17, 15) is 27.9 Å². The highest BCUT2D eigenvalue weighted by Gasteiger charge is 2.36. The quantitative estimate of drug-likeness (QED) is 0.374. The number of carbonyl (C=O) groups excluding carboxylic acids is 1. The lowest BCUT2D eigenvalue weighted by Gasteiger charge is -2.39. The number of aromatic nitrogens is 2. The van der Waals surface area contributed by atoms with Crippen LogP contribution in [0.3, 0.4) is 0 Å². The third kappa shape index (κ3) is 6.27. The zero-order chi connectivity index (χ0) is 27.7. The fraction of sp³-hybridized carbons (Fsp3) is 0.444. The van der Waals surface area contributed by atoms with E-state index in [0.717, 1.165) is 17.8 Å². The molecule has 0 atom stereocenters. The second-order valence-electron chi connectivity index (χ2n) is 10.3. The number of urea groups is 1. The molecule has 11 heteroatoms. The molecule has 1 fully saturated rings. The predicted molar refractivity (Wildman–Crippen MR) is 136 cm³/mol. The molecule has 2 heterocycles. The summed E-state index contributed by atoms with van der Waals surface area (Å²) < 4.78 is 43.2. The maximum Gasteiger partial charge on any atom is 0.417 e. The standard InChI is InChI=1S/C27H31F3N4O4/c1-17(2)15-26(38)9-11-33(12-10-26)25(37)32-19-13-22(27(28,29)30)21-16-31-34(23(21)14-19)20-6-3-18(4-7-20)5-8-24(35)36/h3-4,6-7,13-14,16-17,38H,5,8-12,15H2,1-2H3,(H,32,37)(H,35,36). The lowest BCUT2D eigenvalue weighted by Crippen LogP contribution is -2.48. The van der Waals surface area contributed by atoms with Gasteiger partial charge < -0.3 is 20.4 Å². The fourth-order valence-corrected chi connectivity index (χ4v) is 4.99. The Kier molecular flexibility index (Phi) is 7.68. The van der Waals surface area contributed by atoms with Crippen LogP contribution in [0.5, 0.6) is 0 Å². The highest BCUT2D eigenvalue weighted by molar-refractivity contribution is 5.94. The monoisotopic (exact) mass is 532 g/mol. The number of anilines is 1. The molecule has 0 spiro atoms. The average molecular weight is 533 g/mol. The molecule has 204 valence electrons. The highest BCUT2D eigenvalue weighted by atomic mass is 19.4. The van der Waals surface area contributed by atoms with E-state index < -0.39 is 29.3 Å². The average Bonchev–Trinajstić information content (AvgIpc) is 3.25. The van der Waals surface area contributed by atoms with Crippen molar-refractivity contribution >= 4 is 28.6 Å². The Hall–Kier alpha value is -3.60. The molecule has 3 aromatic rings. The van der Waals surface area contributed by atoms with Crippen molar-refractivity contribution in [1.29, 1.82) is 0 Å². The number of aliphatic carboxylic acids is 1. The number of piperidine rings is 1. The van der Waals surface area contributed by atoms with Gasteiger partial charge in [-0.1, -0.05) is 26.0 Å². The van der Waals surface area contributed by atoms with Crippen LogP contribution in [-0.4, -0.2) is 55.6 Å². The van der Waals surface area contributed by atoms with Gasteiger partial charge in [0.15, 0.2) is 0 Å². The van der Waals surface area contributed by atoms with Crippen LogP contribution in [0.25, 0.3) is 16.6 Å². The number of likely N-dealkylation sites (tertiary alicyclic amines) is 1. The number of carboxylic acids is 1. The highest BCUT2D eigenvalue weighted by Crippen LogP contribution is 2.38. The lowest BCUT2D eigenvalue weighted by atomic mass is 9.84. The number of nitrogens with zero attached hydrogens (tertiary/aromatic N) is 3. The summed E-state index contributed by atoms with van der Waals surface area (Å²) in [5, 5.41) is 26.3. The van der Waals surface area contributed by atoms with Gasteiger partial charge in [0.25, 0.3) is 0 Å². The van der Waals surface area contributed by atoms with Crippen LogP contribution in [-0.2, 0) is 17.4 Å². The van der Waals surface area contributed by atoms with Crippen LogP contribution in [0.15, 0.2) is 42.6 Å². The van der Waals surface area contributed by atoms with Crippen molar-refractivity contribution < 1.29 is 33.0 Å². The van der Waals surface area contributed by atoms with Crippen molar-refractivity contribution in [3.05, 3.63) is 53.7 Å². The van der Waals surface area contributed by atoms with Crippen LogP contribution >= 0.6 is 0 Å². The van der Waals surface area contributed by atoms with Gasteiger partial charge >= 0.3 is 18.2 Å². The predicted octanol–water partition coefficient (Wildman–Crippen LogP) is 5.47. The SMILES string of the molecule is CC(C)CC1(O)CCN(C(=O)Nc2cc(C(F)(F)F)c3cnn(-c4ccc(CCC(=O)O)cc4)c3c2)CC1. The first-order chi connectivity index (χ1) is 17.8. The molecule has 1 aliphatic heterocycles. The summed E-state index contributed by atoms with van der Waals surface area (Å²) in [6.07, 6.45) is -1.81. The first-order valence-corrected chi connectivity index (χ1v) is 12.5. The molecule has 0 saturated carbocycles. The molecule has 38 heavy (non-hydrogen) atoms. The molecular weight excluding hydrogens is 501 g/mol. The summed E-state index contributed by atoms with van der Waals surface area (Å²) in [4.78, 5) is 25.2. The van der Waals surface area contributed by atoms with E-state index in [4.69, 9.17) is 5.11 Å². The number of amides is 2. The molecule has 0 bridgehead atoms.